The van der Waals surface area contributed by atoms with E-state index >= 15 is 0 Å². The van der Waals surface area contributed by atoms with Gasteiger partial charge in [-0.2, -0.15) is 0 Å². The highest BCUT2D eigenvalue weighted by atomic mass is 32.3. The predicted octanol–water partition coefficient (Wildman–Crippen LogP) is 2.09. The Morgan fingerprint density at radius 3 is 2.00 bits per heavy atom. The third kappa shape index (κ3) is 6.10. The maximum Gasteiger partial charge on any atom is 0.211 e. The predicted molar refractivity (Wildman–Crippen MR) is 27.7 cm³/mol. The average Bonchev–Trinajstić information content (AvgIpc) is 1.59. The van der Waals surface area contributed by atoms with E-state index in [-0.39, 0.29) is 6.61 Å². The summed E-state index contributed by atoms with van der Waals surface area (Å²) in [5.41, 5.74) is 0. The maximum atomic E-state index is 11.2. The smallest absolute Gasteiger partial charge is 0.211 e. The minimum Gasteiger partial charge on any atom is -0.384 e. The van der Waals surface area contributed by atoms with Gasteiger partial charge in [-0.05, 0) is 0 Å². The minimum absolute atomic E-state index is 0.209. The Kier molecular flexibility index (Phi) is 3.23. The molecule has 0 radical (unpaired) electrons. The van der Waals surface area contributed by atoms with Gasteiger partial charge in [0.05, 0.1) is 12.4 Å². The molecule has 0 aliphatic rings. The second-order valence-corrected chi connectivity index (χ2v) is 2.61. The zero-order valence-corrected chi connectivity index (χ0v) is 5.18. The van der Waals surface area contributed by atoms with Gasteiger partial charge in [0.15, 0.2) is 0 Å². The van der Waals surface area contributed by atoms with Crippen LogP contribution in [-0.2, 0) is 4.74 Å². The van der Waals surface area contributed by atoms with E-state index in [1.54, 1.807) is 0 Å². The normalized spacial score (nSPS) is 14.0. The van der Waals surface area contributed by atoms with Crippen molar-refractivity contribution in [3.8, 4) is 0 Å². The van der Waals surface area contributed by atoms with Crippen LogP contribution in [0.4, 0.5) is 11.7 Å². The lowest BCUT2D eigenvalue weighted by Gasteiger charge is -2.06. The summed E-state index contributed by atoms with van der Waals surface area (Å²) in [6.45, 7) is -0.209. The Hall–Kier alpha value is 0.100. The molecule has 0 saturated heterocycles. The molecule has 0 aliphatic carbocycles. The van der Waals surface area contributed by atoms with Crippen molar-refractivity contribution in [3.05, 3.63) is 0 Å². The van der Waals surface area contributed by atoms with Crippen molar-refractivity contribution in [2.75, 3.05) is 19.5 Å². The van der Waals surface area contributed by atoms with Gasteiger partial charge in [-0.1, -0.05) is 0 Å². The highest BCUT2D eigenvalue weighted by molar-refractivity contribution is 8.20. The van der Waals surface area contributed by atoms with Crippen LogP contribution in [0.15, 0.2) is 0 Å². The molecule has 0 atom stereocenters. The number of ether oxygens (including phenoxy) is 1. The van der Waals surface area contributed by atoms with Crippen LogP contribution in [0.25, 0.3) is 0 Å². The lowest BCUT2D eigenvalue weighted by Crippen LogP contribution is -1.95. The first kappa shape index (κ1) is 8.10. The number of hydrogen-bond acceptors (Lipinski definition) is 1. The third-order valence-corrected chi connectivity index (χ3v) is 1.15. The van der Waals surface area contributed by atoms with E-state index in [2.05, 4.69) is 4.74 Å². The van der Waals surface area contributed by atoms with Gasteiger partial charge in [0, 0.05) is 7.11 Å². The van der Waals surface area contributed by atoms with Gasteiger partial charge in [0.1, 0.15) is 0 Å². The molecule has 0 saturated carbocycles. The minimum atomic E-state index is -4.81. The van der Waals surface area contributed by atoms with Gasteiger partial charge in [-0.25, -0.2) is 0 Å². The quantitative estimate of drug-likeness (QED) is 0.595. The van der Waals surface area contributed by atoms with Gasteiger partial charge >= 0.3 is 0 Å². The zero-order valence-electron chi connectivity index (χ0n) is 4.36. The van der Waals surface area contributed by atoms with Crippen LogP contribution in [0.3, 0.4) is 0 Å². The molecule has 0 rings (SSSR count). The molecule has 1 nitrogen and oxygen atoms in total. The summed E-state index contributed by atoms with van der Waals surface area (Å²) in [6.07, 6.45) is 0. The number of hydrogen-bond donors (Lipinski definition) is 0. The molecule has 0 heterocycles. The topological polar surface area (TPSA) is 9.23 Å². The summed E-state index contributed by atoms with van der Waals surface area (Å²) in [5, 5.41) is 0. The van der Waals surface area contributed by atoms with Crippen molar-refractivity contribution >= 4 is 11.2 Å². The van der Waals surface area contributed by atoms with E-state index in [0.717, 1.165) is 0 Å². The van der Waals surface area contributed by atoms with E-state index in [1.165, 1.54) is 7.11 Å². The van der Waals surface area contributed by atoms with Crippen LogP contribution in [0.1, 0.15) is 0 Å². The zero-order chi connectivity index (χ0) is 6.62. The largest absolute Gasteiger partial charge is 0.384 e. The average molecular weight is 148 g/mol. The molecule has 0 aromatic rings. The van der Waals surface area contributed by atoms with Gasteiger partial charge in [-0.15, -0.1) is 11.7 Å². The Morgan fingerprint density at radius 1 is 1.38 bits per heavy atom. The first-order valence-corrected chi connectivity index (χ1v) is 3.45. The molecular formula is C3H7F3OS. The van der Waals surface area contributed by atoms with E-state index in [1.807, 2.05) is 0 Å². The van der Waals surface area contributed by atoms with Crippen molar-refractivity contribution in [1.82, 2.24) is 0 Å². The molecule has 5 heteroatoms. The van der Waals surface area contributed by atoms with Crippen molar-refractivity contribution in [3.63, 3.8) is 0 Å². The standard InChI is InChI=1S/C3H7F3OS/c1-7-2-3-8(4,5)6/h2-3H2,1H3. The number of halogens is 3. The SMILES string of the molecule is COCCS(F)(F)F. The third-order valence-electron chi connectivity index (χ3n) is 0.519. The summed E-state index contributed by atoms with van der Waals surface area (Å²) >= 11 is -4.81. The molecule has 0 spiro atoms. The first-order valence-electron chi connectivity index (χ1n) is 1.95. The van der Waals surface area contributed by atoms with Crippen LogP contribution < -0.4 is 0 Å². The lowest BCUT2D eigenvalue weighted by atomic mass is 10.9. The molecular weight excluding hydrogens is 141 g/mol. The van der Waals surface area contributed by atoms with E-state index in [9.17, 15) is 11.7 Å². The fourth-order valence-corrected chi connectivity index (χ4v) is 0.533. The van der Waals surface area contributed by atoms with Crippen LogP contribution in [-0.4, -0.2) is 19.5 Å². The molecule has 0 aromatic carbocycles. The second kappa shape index (κ2) is 3.19. The molecule has 8 heavy (non-hydrogen) atoms. The van der Waals surface area contributed by atoms with Crippen LogP contribution >= 0.6 is 11.2 Å². The summed E-state index contributed by atoms with van der Waals surface area (Å²) in [6, 6.07) is 0. The molecule has 0 bridgehead atoms. The Labute approximate surface area is 48.0 Å². The molecule has 0 aromatic heterocycles. The van der Waals surface area contributed by atoms with Gasteiger partial charge in [0.2, 0.25) is 11.2 Å². The highest BCUT2D eigenvalue weighted by Crippen LogP contribution is 2.52. The molecule has 0 aliphatic heterocycles. The molecule has 52 valence electrons. The number of methoxy groups -OCH3 is 1. The Balaban J connectivity index is 3.11. The lowest BCUT2D eigenvalue weighted by molar-refractivity contribution is 0.216. The van der Waals surface area contributed by atoms with Crippen molar-refractivity contribution in [2.24, 2.45) is 0 Å². The van der Waals surface area contributed by atoms with E-state index in [4.69, 9.17) is 0 Å². The van der Waals surface area contributed by atoms with Crippen LogP contribution in [0.2, 0.25) is 0 Å². The first-order chi connectivity index (χ1) is 3.56. The summed E-state index contributed by atoms with van der Waals surface area (Å²) in [4.78, 5) is 0. The Morgan fingerprint density at radius 2 is 1.88 bits per heavy atom. The molecule has 0 fully saturated rings. The molecule has 0 N–H and O–H groups in total. The fourth-order valence-electron chi connectivity index (χ4n) is 0.178. The number of rotatable bonds is 3. The van der Waals surface area contributed by atoms with E-state index < -0.39 is 16.9 Å². The second-order valence-electron chi connectivity index (χ2n) is 1.20. The summed E-state index contributed by atoms with van der Waals surface area (Å²) < 4.78 is 38.0. The summed E-state index contributed by atoms with van der Waals surface area (Å²) in [7, 11) is 1.26. The van der Waals surface area contributed by atoms with Crippen molar-refractivity contribution < 1.29 is 16.4 Å². The van der Waals surface area contributed by atoms with Crippen molar-refractivity contribution in [2.45, 2.75) is 0 Å². The maximum absolute atomic E-state index is 11.2. The van der Waals surface area contributed by atoms with Gasteiger partial charge in [0.25, 0.3) is 0 Å². The van der Waals surface area contributed by atoms with E-state index in [0.29, 0.717) is 0 Å². The fraction of sp³-hybridized carbons (Fsp3) is 1.00. The van der Waals surface area contributed by atoms with Crippen LogP contribution in [0.5, 0.6) is 0 Å². The van der Waals surface area contributed by atoms with Gasteiger partial charge < -0.3 is 4.74 Å². The van der Waals surface area contributed by atoms with Gasteiger partial charge in [-0.3, -0.25) is 0 Å². The molecule has 0 unspecified atom stereocenters. The monoisotopic (exact) mass is 148 g/mol. The Bertz CT molecular complexity index is 62.0. The van der Waals surface area contributed by atoms with Crippen molar-refractivity contribution in [1.29, 1.82) is 0 Å². The summed E-state index contributed by atoms with van der Waals surface area (Å²) in [5.74, 6) is -0.774. The van der Waals surface area contributed by atoms with Crippen LogP contribution in [0, 0.1) is 0 Å². The highest BCUT2D eigenvalue weighted by Gasteiger charge is 2.18. The molecule has 0 amide bonds.